The van der Waals surface area contributed by atoms with Crippen LogP contribution >= 0.6 is 0 Å². The van der Waals surface area contributed by atoms with Gasteiger partial charge >= 0.3 is 5.97 Å². The summed E-state index contributed by atoms with van der Waals surface area (Å²) in [6.07, 6.45) is 0.925. The molecule has 1 atom stereocenters. The van der Waals surface area contributed by atoms with Crippen LogP contribution < -0.4 is 4.72 Å². The Hall–Kier alpha value is -0.710. The van der Waals surface area contributed by atoms with Crippen LogP contribution in [0, 0.1) is 0 Å². The molecule has 1 fully saturated rings. The summed E-state index contributed by atoms with van der Waals surface area (Å²) in [6.45, 7) is -0.124. The Labute approximate surface area is 105 Å². The van der Waals surface area contributed by atoms with Gasteiger partial charge in [0.15, 0.2) is 5.54 Å². The summed E-state index contributed by atoms with van der Waals surface area (Å²) < 4.78 is 52.0. The minimum Gasteiger partial charge on any atom is -0.480 e. The van der Waals surface area contributed by atoms with Gasteiger partial charge < -0.3 is 9.84 Å². The maximum Gasteiger partial charge on any atom is 0.327 e. The molecular weight excluding hydrogens is 286 g/mol. The zero-order chi connectivity index (χ0) is 14.0. The molecule has 0 aromatic heterocycles. The van der Waals surface area contributed by atoms with Gasteiger partial charge in [-0.2, -0.15) is 4.72 Å². The first-order valence-corrected chi connectivity index (χ1v) is 8.78. The smallest absolute Gasteiger partial charge is 0.327 e. The summed E-state index contributed by atoms with van der Waals surface area (Å²) in [5.41, 5.74) is -1.68. The van der Waals surface area contributed by atoms with E-state index in [1.165, 1.54) is 0 Å². The van der Waals surface area contributed by atoms with E-state index in [4.69, 9.17) is 9.84 Å². The van der Waals surface area contributed by atoms with Gasteiger partial charge in [0.25, 0.3) is 0 Å². The van der Waals surface area contributed by atoms with Crippen LogP contribution in [0.4, 0.5) is 0 Å². The molecule has 0 spiro atoms. The van der Waals surface area contributed by atoms with Crippen LogP contribution in [0.1, 0.15) is 6.42 Å². The number of ether oxygens (including phenoxy) is 1. The Kier molecular flexibility index (Phi) is 4.36. The lowest BCUT2D eigenvalue weighted by atomic mass is 10.0. The molecule has 0 bridgehead atoms. The van der Waals surface area contributed by atoms with Crippen molar-refractivity contribution in [1.82, 2.24) is 4.72 Å². The van der Waals surface area contributed by atoms with Crippen molar-refractivity contribution in [3.63, 3.8) is 0 Å². The quantitative estimate of drug-likeness (QED) is 0.592. The maximum absolute atomic E-state index is 11.6. The molecule has 10 heteroatoms. The van der Waals surface area contributed by atoms with Crippen molar-refractivity contribution in [2.75, 3.05) is 31.0 Å². The van der Waals surface area contributed by atoms with E-state index in [-0.39, 0.29) is 19.6 Å². The molecule has 106 valence electrons. The molecule has 0 amide bonds. The van der Waals surface area contributed by atoms with Crippen LogP contribution in [0.5, 0.6) is 0 Å². The van der Waals surface area contributed by atoms with Gasteiger partial charge in [-0.3, -0.25) is 4.79 Å². The molecule has 2 N–H and O–H groups in total. The van der Waals surface area contributed by atoms with E-state index in [9.17, 15) is 21.6 Å². The highest BCUT2D eigenvalue weighted by molar-refractivity contribution is 7.93. The van der Waals surface area contributed by atoms with Crippen molar-refractivity contribution >= 4 is 25.8 Å². The SMILES string of the molecule is CS(=O)(=O)CCS(=O)(=O)NC1(C(=O)O)CCOC1. The van der Waals surface area contributed by atoms with E-state index in [1.54, 1.807) is 0 Å². The van der Waals surface area contributed by atoms with E-state index >= 15 is 0 Å². The van der Waals surface area contributed by atoms with E-state index in [1.807, 2.05) is 4.72 Å². The zero-order valence-electron chi connectivity index (χ0n) is 9.75. The number of hydrogen-bond donors (Lipinski definition) is 2. The summed E-state index contributed by atoms with van der Waals surface area (Å²) in [7, 11) is -7.42. The molecular formula is C8H15NO7S2. The monoisotopic (exact) mass is 301 g/mol. The average molecular weight is 301 g/mol. The van der Waals surface area contributed by atoms with Crippen molar-refractivity contribution in [3.05, 3.63) is 0 Å². The van der Waals surface area contributed by atoms with Gasteiger partial charge in [-0.25, -0.2) is 16.8 Å². The topological polar surface area (TPSA) is 127 Å². The second kappa shape index (κ2) is 5.11. The first-order chi connectivity index (χ1) is 8.06. The Morgan fingerprint density at radius 1 is 1.33 bits per heavy atom. The molecule has 8 nitrogen and oxygen atoms in total. The van der Waals surface area contributed by atoms with Gasteiger partial charge in [-0.05, 0) is 0 Å². The highest BCUT2D eigenvalue weighted by Crippen LogP contribution is 2.20. The molecule has 0 radical (unpaired) electrons. The van der Waals surface area contributed by atoms with Gasteiger partial charge in [0.05, 0.1) is 18.1 Å². The van der Waals surface area contributed by atoms with Crippen LogP contribution in [0.25, 0.3) is 0 Å². The molecule has 1 aliphatic heterocycles. The van der Waals surface area contributed by atoms with Crippen molar-refractivity contribution in [3.8, 4) is 0 Å². The van der Waals surface area contributed by atoms with Crippen LogP contribution in [-0.2, 0) is 29.4 Å². The summed E-state index contributed by atoms with van der Waals surface area (Å²) in [4.78, 5) is 11.1. The van der Waals surface area contributed by atoms with E-state index in [0.29, 0.717) is 0 Å². The third-order valence-corrected chi connectivity index (χ3v) is 5.15. The standard InChI is InChI=1S/C8H15NO7S2/c1-17(12,13)4-5-18(14,15)9-8(7(10)11)2-3-16-6-8/h9H,2-6H2,1H3,(H,10,11). The van der Waals surface area contributed by atoms with Crippen LogP contribution in [0.3, 0.4) is 0 Å². The summed E-state index contributed by atoms with van der Waals surface area (Å²) in [6, 6.07) is 0. The number of carboxylic acids is 1. The van der Waals surface area contributed by atoms with E-state index < -0.39 is 42.9 Å². The zero-order valence-corrected chi connectivity index (χ0v) is 11.4. The van der Waals surface area contributed by atoms with Gasteiger partial charge in [0, 0.05) is 19.3 Å². The molecule has 1 unspecified atom stereocenters. The van der Waals surface area contributed by atoms with E-state index in [2.05, 4.69) is 0 Å². The minimum absolute atomic E-state index is 0.0143. The predicted octanol–water partition coefficient (Wildman–Crippen LogP) is -1.81. The second-order valence-electron chi connectivity index (χ2n) is 4.24. The lowest BCUT2D eigenvalue weighted by molar-refractivity contribution is -0.144. The maximum atomic E-state index is 11.6. The Bertz CT molecular complexity index is 516. The number of aliphatic carboxylic acids is 1. The largest absolute Gasteiger partial charge is 0.480 e. The highest BCUT2D eigenvalue weighted by Gasteiger charge is 2.45. The van der Waals surface area contributed by atoms with Crippen LogP contribution in [-0.4, -0.2) is 64.4 Å². The van der Waals surface area contributed by atoms with Gasteiger partial charge in [0.1, 0.15) is 9.84 Å². The average Bonchev–Trinajstić information content (AvgIpc) is 2.63. The van der Waals surface area contributed by atoms with Gasteiger partial charge in [-0.1, -0.05) is 0 Å². The predicted molar refractivity (Wildman–Crippen MR) is 62.4 cm³/mol. The number of sulfone groups is 1. The molecule has 18 heavy (non-hydrogen) atoms. The number of carbonyl (C=O) groups is 1. The Balaban J connectivity index is 2.78. The Morgan fingerprint density at radius 2 is 1.94 bits per heavy atom. The Morgan fingerprint density at radius 3 is 2.33 bits per heavy atom. The highest BCUT2D eigenvalue weighted by atomic mass is 32.2. The lowest BCUT2D eigenvalue weighted by Crippen LogP contribution is -2.55. The summed E-state index contributed by atoms with van der Waals surface area (Å²) in [5, 5.41) is 9.03. The first kappa shape index (κ1) is 15.3. The normalized spacial score (nSPS) is 25.2. The van der Waals surface area contributed by atoms with Crippen LogP contribution in [0.15, 0.2) is 0 Å². The second-order valence-corrected chi connectivity index (χ2v) is 8.34. The molecule has 1 saturated heterocycles. The summed E-state index contributed by atoms with van der Waals surface area (Å²) in [5.74, 6) is -2.55. The van der Waals surface area contributed by atoms with Crippen molar-refractivity contribution in [2.45, 2.75) is 12.0 Å². The number of hydrogen-bond acceptors (Lipinski definition) is 6. The molecule has 1 heterocycles. The van der Waals surface area contributed by atoms with Crippen molar-refractivity contribution in [1.29, 1.82) is 0 Å². The number of carboxylic acid groups (broad SMARTS) is 1. The number of nitrogens with one attached hydrogen (secondary N) is 1. The van der Waals surface area contributed by atoms with Gasteiger partial charge in [-0.15, -0.1) is 0 Å². The summed E-state index contributed by atoms with van der Waals surface area (Å²) >= 11 is 0. The van der Waals surface area contributed by atoms with Crippen LogP contribution in [0.2, 0.25) is 0 Å². The first-order valence-electron chi connectivity index (χ1n) is 5.07. The molecule has 1 aliphatic rings. The fraction of sp³-hybridized carbons (Fsp3) is 0.875. The number of rotatable bonds is 6. The molecule has 0 saturated carbocycles. The fourth-order valence-electron chi connectivity index (χ4n) is 1.47. The molecule has 0 aromatic rings. The molecule has 0 aromatic carbocycles. The third-order valence-electron chi connectivity index (χ3n) is 2.50. The van der Waals surface area contributed by atoms with Crippen molar-refractivity contribution < 1.29 is 31.5 Å². The van der Waals surface area contributed by atoms with Crippen molar-refractivity contribution in [2.24, 2.45) is 0 Å². The third kappa shape index (κ3) is 4.19. The fourth-order valence-corrected chi connectivity index (χ4v) is 4.50. The molecule has 0 aliphatic carbocycles. The van der Waals surface area contributed by atoms with Gasteiger partial charge in [0.2, 0.25) is 10.0 Å². The number of sulfonamides is 1. The minimum atomic E-state index is -3.99. The molecule has 1 rings (SSSR count). The lowest BCUT2D eigenvalue weighted by Gasteiger charge is -2.23. The van der Waals surface area contributed by atoms with E-state index in [0.717, 1.165) is 6.26 Å².